The Hall–Kier alpha value is -2.36. The van der Waals surface area contributed by atoms with Gasteiger partial charge in [-0.25, -0.2) is 0 Å². The molecule has 2 rings (SSSR count). The van der Waals surface area contributed by atoms with Crippen LogP contribution in [0.3, 0.4) is 0 Å². The molecule has 0 saturated heterocycles. The number of carboxylic acids is 1. The van der Waals surface area contributed by atoms with Gasteiger partial charge in [-0.1, -0.05) is 30.9 Å². The number of carbonyl (C=O) groups excluding carboxylic acids is 1. The topological polar surface area (TPSA) is 59.3 Å². The lowest BCUT2D eigenvalue weighted by molar-refractivity contribution is -0.138. The second kappa shape index (κ2) is 5.74. The second-order valence-corrected chi connectivity index (χ2v) is 4.64. The Morgan fingerprint density at radius 1 is 1.45 bits per heavy atom. The van der Waals surface area contributed by atoms with Crippen LogP contribution in [0.2, 0.25) is 0 Å². The summed E-state index contributed by atoms with van der Waals surface area (Å²) >= 11 is 0. The average molecular weight is 271 g/mol. The van der Waals surface area contributed by atoms with Gasteiger partial charge in [0, 0.05) is 17.8 Å². The number of nitrogens with zero attached hydrogens (tertiary/aromatic N) is 1. The monoisotopic (exact) mass is 271 g/mol. The van der Waals surface area contributed by atoms with E-state index < -0.39 is 11.9 Å². The van der Waals surface area contributed by atoms with Crippen LogP contribution in [0.15, 0.2) is 48.6 Å². The summed E-state index contributed by atoms with van der Waals surface area (Å²) in [7, 11) is 0. The number of hydrogen-bond acceptors (Lipinski definition) is 2. The highest BCUT2D eigenvalue weighted by atomic mass is 16.4. The van der Waals surface area contributed by atoms with Gasteiger partial charge < -0.3 is 9.67 Å². The zero-order valence-electron chi connectivity index (χ0n) is 11.4. The third kappa shape index (κ3) is 2.37. The van der Waals surface area contributed by atoms with Crippen LogP contribution in [0.25, 0.3) is 0 Å². The molecule has 1 aliphatic rings. The number of aromatic nitrogens is 1. The molecule has 0 amide bonds. The molecule has 1 atom stereocenters. The minimum atomic E-state index is -0.835. The molecule has 0 spiro atoms. The lowest BCUT2D eigenvalue weighted by atomic mass is 10.1. The maximum absolute atomic E-state index is 12.5. The Morgan fingerprint density at radius 2 is 2.20 bits per heavy atom. The van der Waals surface area contributed by atoms with E-state index in [2.05, 4.69) is 6.58 Å². The summed E-state index contributed by atoms with van der Waals surface area (Å²) < 4.78 is 1.81. The van der Waals surface area contributed by atoms with Crippen LogP contribution < -0.4 is 0 Å². The molecule has 0 aliphatic carbocycles. The molecule has 0 saturated carbocycles. The van der Waals surface area contributed by atoms with E-state index in [0.29, 0.717) is 29.9 Å². The lowest BCUT2D eigenvalue weighted by Crippen LogP contribution is -2.10. The van der Waals surface area contributed by atoms with Crippen molar-refractivity contribution in [1.82, 2.24) is 4.57 Å². The van der Waals surface area contributed by atoms with Crippen molar-refractivity contribution in [3.05, 3.63) is 60.0 Å². The number of carbonyl (C=O) groups is 2. The highest BCUT2D eigenvalue weighted by molar-refractivity contribution is 6.09. The van der Waals surface area contributed by atoms with Crippen molar-refractivity contribution in [2.45, 2.75) is 25.8 Å². The van der Waals surface area contributed by atoms with E-state index in [0.717, 1.165) is 0 Å². The van der Waals surface area contributed by atoms with E-state index in [4.69, 9.17) is 5.11 Å². The summed E-state index contributed by atoms with van der Waals surface area (Å²) in [6.45, 7) is 5.95. The van der Waals surface area contributed by atoms with E-state index in [9.17, 15) is 9.59 Å². The van der Waals surface area contributed by atoms with Gasteiger partial charge in [-0.3, -0.25) is 9.59 Å². The fourth-order valence-electron chi connectivity index (χ4n) is 2.51. The van der Waals surface area contributed by atoms with E-state index in [-0.39, 0.29) is 5.78 Å². The van der Waals surface area contributed by atoms with Gasteiger partial charge in [0.05, 0.1) is 11.6 Å². The smallest absolute Gasteiger partial charge is 0.312 e. The van der Waals surface area contributed by atoms with Gasteiger partial charge in [0.25, 0.3) is 0 Å². The minimum Gasteiger partial charge on any atom is -0.481 e. The largest absolute Gasteiger partial charge is 0.481 e. The van der Waals surface area contributed by atoms with Crippen LogP contribution in [0.5, 0.6) is 0 Å². The quantitative estimate of drug-likeness (QED) is 0.509. The molecule has 1 aromatic rings. The van der Waals surface area contributed by atoms with Crippen LogP contribution in [0, 0.1) is 0 Å². The predicted molar refractivity (Wildman–Crippen MR) is 76.9 cm³/mol. The van der Waals surface area contributed by atoms with Crippen LogP contribution in [0.1, 0.15) is 35.4 Å². The molecule has 0 bridgehead atoms. The van der Waals surface area contributed by atoms with E-state index in [1.54, 1.807) is 43.4 Å². The van der Waals surface area contributed by atoms with Crippen molar-refractivity contribution in [1.29, 1.82) is 0 Å². The first-order valence-electron chi connectivity index (χ1n) is 6.52. The first kappa shape index (κ1) is 14.1. The van der Waals surface area contributed by atoms with Crippen LogP contribution in [-0.2, 0) is 11.3 Å². The van der Waals surface area contributed by atoms with Crippen molar-refractivity contribution < 1.29 is 14.7 Å². The Bertz CT molecular complexity index is 620. The third-order valence-electron chi connectivity index (χ3n) is 3.53. The molecule has 1 N–H and O–H groups in total. The number of hydrogen-bond donors (Lipinski definition) is 1. The minimum absolute atomic E-state index is 0.0945. The summed E-state index contributed by atoms with van der Waals surface area (Å²) in [5, 5.41) is 9.15. The van der Waals surface area contributed by atoms with Crippen LogP contribution in [-0.4, -0.2) is 21.4 Å². The maximum atomic E-state index is 12.5. The van der Waals surface area contributed by atoms with Gasteiger partial charge in [-0.2, -0.15) is 0 Å². The Kier molecular flexibility index (Phi) is 4.03. The highest BCUT2D eigenvalue weighted by Crippen LogP contribution is 2.31. The molecule has 0 fully saturated rings. The zero-order valence-corrected chi connectivity index (χ0v) is 11.4. The van der Waals surface area contributed by atoms with E-state index in [1.165, 1.54) is 0 Å². The molecule has 4 nitrogen and oxygen atoms in total. The van der Waals surface area contributed by atoms with Crippen molar-refractivity contribution in [3.8, 4) is 0 Å². The van der Waals surface area contributed by atoms with Gasteiger partial charge in [0.2, 0.25) is 5.78 Å². The molecule has 1 aliphatic heterocycles. The molecule has 1 aromatic heterocycles. The van der Waals surface area contributed by atoms with Gasteiger partial charge >= 0.3 is 5.97 Å². The van der Waals surface area contributed by atoms with Crippen molar-refractivity contribution in [2.75, 3.05) is 0 Å². The van der Waals surface area contributed by atoms with Gasteiger partial charge in [0.1, 0.15) is 0 Å². The van der Waals surface area contributed by atoms with Gasteiger partial charge in [0.15, 0.2) is 0 Å². The van der Waals surface area contributed by atoms with Crippen molar-refractivity contribution in [3.63, 3.8) is 0 Å². The predicted octanol–water partition coefficient (Wildman–Crippen LogP) is 2.93. The molecule has 2 heterocycles. The SMILES string of the molecule is C=C/C=C\C(=C/C)C(=O)c1ccc2n1CCC2C(=O)O. The number of rotatable bonds is 5. The molecule has 20 heavy (non-hydrogen) atoms. The fraction of sp³-hybridized carbons (Fsp3) is 0.250. The fourth-order valence-corrected chi connectivity index (χ4v) is 2.51. The summed E-state index contributed by atoms with van der Waals surface area (Å²) in [5.74, 6) is -1.43. The molecule has 104 valence electrons. The van der Waals surface area contributed by atoms with Gasteiger partial charge in [-0.05, 0) is 25.5 Å². The second-order valence-electron chi connectivity index (χ2n) is 4.64. The lowest BCUT2D eigenvalue weighted by Gasteiger charge is -2.06. The number of carboxylic acid groups (broad SMARTS) is 1. The third-order valence-corrected chi connectivity index (χ3v) is 3.53. The molecular formula is C16H17NO3. The Morgan fingerprint density at radius 3 is 2.80 bits per heavy atom. The number of fused-ring (bicyclic) bond motifs is 1. The molecule has 0 radical (unpaired) electrons. The number of aliphatic carboxylic acids is 1. The number of ketones is 1. The summed E-state index contributed by atoms with van der Waals surface area (Å²) in [5.41, 5.74) is 1.83. The number of Topliss-reactive ketones (excluding diaryl/α,β-unsaturated/α-hetero) is 1. The van der Waals surface area contributed by atoms with Gasteiger partial charge in [-0.15, -0.1) is 0 Å². The Labute approximate surface area is 117 Å². The molecule has 1 unspecified atom stereocenters. The molecule has 4 heteroatoms. The van der Waals surface area contributed by atoms with Crippen LogP contribution >= 0.6 is 0 Å². The van der Waals surface area contributed by atoms with Crippen molar-refractivity contribution in [2.24, 2.45) is 0 Å². The first-order valence-corrected chi connectivity index (χ1v) is 6.52. The van der Waals surface area contributed by atoms with E-state index >= 15 is 0 Å². The summed E-state index contributed by atoms with van der Waals surface area (Å²) in [6, 6.07) is 3.45. The summed E-state index contributed by atoms with van der Waals surface area (Å²) in [4.78, 5) is 23.6. The average Bonchev–Trinajstić information content (AvgIpc) is 2.99. The highest BCUT2D eigenvalue weighted by Gasteiger charge is 2.31. The molecule has 0 aromatic carbocycles. The zero-order chi connectivity index (χ0) is 14.7. The Balaban J connectivity index is 2.34. The summed E-state index contributed by atoms with van der Waals surface area (Å²) in [6.07, 6.45) is 7.31. The van der Waals surface area contributed by atoms with Crippen molar-refractivity contribution >= 4 is 11.8 Å². The molecular weight excluding hydrogens is 254 g/mol. The standard InChI is InChI=1S/C16H17NO3/c1-3-5-6-11(4-2)15(18)14-8-7-13-12(16(19)20)9-10-17(13)14/h3-8,12H,1,9-10H2,2H3,(H,19,20)/b6-5-,11-4+. The normalized spacial score (nSPS) is 18.2. The first-order chi connectivity index (χ1) is 9.60. The van der Waals surface area contributed by atoms with E-state index in [1.807, 2.05) is 4.57 Å². The van der Waals surface area contributed by atoms with Crippen LogP contribution in [0.4, 0.5) is 0 Å². The number of allylic oxidation sites excluding steroid dienone is 5. The maximum Gasteiger partial charge on any atom is 0.312 e.